The van der Waals surface area contributed by atoms with Gasteiger partial charge in [0.2, 0.25) is 11.8 Å². The number of esters is 1. The Morgan fingerprint density at radius 1 is 1.01 bits per heavy atom. The van der Waals surface area contributed by atoms with Crippen molar-refractivity contribution in [2.24, 2.45) is 11.3 Å². The van der Waals surface area contributed by atoms with Gasteiger partial charge in [-0.1, -0.05) is 45.9 Å². The quantitative estimate of drug-likeness (QED) is 0.126. The number of halogens is 1. The molecular weight excluding hydrogens is 958 g/mol. The maximum atomic E-state index is 16.1. The number of ether oxygens (including phenoxy) is 3. The number of rotatable bonds is 11. The summed E-state index contributed by atoms with van der Waals surface area (Å²) in [5, 5.41) is 5.32. The molecule has 75 heavy (non-hydrogen) atoms. The van der Waals surface area contributed by atoms with Crippen LogP contribution in [0.25, 0.3) is 33.3 Å². The van der Waals surface area contributed by atoms with Crippen molar-refractivity contribution < 1.29 is 42.6 Å². The van der Waals surface area contributed by atoms with Gasteiger partial charge < -0.3 is 43.7 Å². The van der Waals surface area contributed by atoms with Gasteiger partial charge >= 0.3 is 12.0 Å². The van der Waals surface area contributed by atoms with E-state index in [1.165, 1.54) is 22.0 Å². The van der Waals surface area contributed by atoms with Crippen LogP contribution in [0.2, 0.25) is 0 Å². The van der Waals surface area contributed by atoms with Crippen molar-refractivity contribution in [3.63, 3.8) is 0 Å². The minimum atomic E-state index is -1.24. The zero-order valence-electron chi connectivity index (χ0n) is 45.4. The number of morpholine rings is 1. The lowest BCUT2D eigenvalue weighted by Gasteiger charge is -2.40. The van der Waals surface area contributed by atoms with E-state index < -0.39 is 64.7 Å². The van der Waals surface area contributed by atoms with Crippen LogP contribution in [0.1, 0.15) is 83.7 Å². The van der Waals surface area contributed by atoms with E-state index in [9.17, 15) is 24.0 Å². The molecule has 18 heteroatoms. The molecule has 8 rings (SSSR count). The monoisotopic (exact) mass is 1030 g/mol. The van der Waals surface area contributed by atoms with E-state index in [2.05, 4.69) is 54.3 Å². The van der Waals surface area contributed by atoms with Gasteiger partial charge in [-0.2, -0.15) is 0 Å². The van der Waals surface area contributed by atoms with Crippen molar-refractivity contribution in [3.05, 3.63) is 89.5 Å². The largest absolute Gasteiger partial charge is 0.464 e. The van der Waals surface area contributed by atoms with Gasteiger partial charge in [0.1, 0.15) is 29.5 Å². The van der Waals surface area contributed by atoms with Gasteiger partial charge in [-0.25, -0.2) is 14.6 Å². The molecule has 0 saturated carbocycles. The van der Waals surface area contributed by atoms with Crippen LogP contribution in [0, 0.1) is 17.2 Å². The van der Waals surface area contributed by atoms with Crippen molar-refractivity contribution in [3.8, 4) is 22.4 Å². The molecule has 5 amide bonds. The van der Waals surface area contributed by atoms with Crippen molar-refractivity contribution in [1.29, 1.82) is 0 Å². The Balaban J connectivity index is 1.12. The minimum absolute atomic E-state index is 0.0808. The highest BCUT2D eigenvalue weighted by Gasteiger charge is 2.47. The van der Waals surface area contributed by atoms with Gasteiger partial charge in [-0.15, -0.1) is 0 Å². The number of nitrogens with one attached hydrogen (secondary N) is 2. The number of aryl methyl sites for hydroxylation is 1. The van der Waals surface area contributed by atoms with E-state index >= 15 is 4.39 Å². The fourth-order valence-electron chi connectivity index (χ4n) is 11.3. The summed E-state index contributed by atoms with van der Waals surface area (Å²) in [6.07, 6.45) is 6.69. The Kier molecular flexibility index (Phi) is 16.8. The highest BCUT2D eigenvalue weighted by atomic mass is 19.1. The Hall–Kier alpha value is -6.21. The third kappa shape index (κ3) is 12.1. The first kappa shape index (κ1) is 55.0. The van der Waals surface area contributed by atoms with Crippen LogP contribution in [0.5, 0.6) is 0 Å². The van der Waals surface area contributed by atoms with E-state index in [0.717, 1.165) is 39.0 Å². The number of carbonyl (C=O) groups excluding carboxylic acids is 5. The Labute approximate surface area is 440 Å². The molecule has 3 fully saturated rings. The number of amides is 5. The number of cyclic esters (lactones) is 1. The van der Waals surface area contributed by atoms with Crippen molar-refractivity contribution in [2.75, 3.05) is 80.7 Å². The third-order valence-electron chi connectivity index (χ3n) is 15.2. The molecular formula is C57H76FN9O8. The number of benzene rings is 2. The Morgan fingerprint density at radius 3 is 2.52 bits per heavy atom. The average Bonchev–Trinajstić information content (AvgIpc) is 3.93. The number of pyridine rings is 1. The molecule has 4 aromatic rings. The summed E-state index contributed by atoms with van der Waals surface area (Å²) in [4.78, 5) is 82.8. The summed E-state index contributed by atoms with van der Waals surface area (Å²) >= 11 is 0. The molecule has 4 aliphatic heterocycles. The minimum Gasteiger partial charge on any atom is -0.464 e. The first-order valence-electron chi connectivity index (χ1n) is 26.5. The van der Waals surface area contributed by atoms with Crippen LogP contribution < -0.4 is 10.7 Å². The maximum Gasteiger partial charge on any atom is 0.324 e. The van der Waals surface area contributed by atoms with Crippen molar-refractivity contribution in [1.82, 2.24) is 44.9 Å². The predicted octanol–water partition coefficient (Wildman–Crippen LogP) is 6.38. The van der Waals surface area contributed by atoms with Gasteiger partial charge in [-0.3, -0.25) is 29.2 Å². The molecule has 404 valence electrons. The second kappa shape index (κ2) is 22.9. The number of methoxy groups -OCH3 is 1. The van der Waals surface area contributed by atoms with Crippen LogP contribution in [0.3, 0.4) is 0 Å². The summed E-state index contributed by atoms with van der Waals surface area (Å²) in [5.41, 5.74) is 8.28. The van der Waals surface area contributed by atoms with Crippen LogP contribution in [0.15, 0.2) is 66.9 Å². The lowest BCUT2D eigenvalue weighted by atomic mass is 9.84. The van der Waals surface area contributed by atoms with Crippen LogP contribution in [-0.4, -0.2) is 168 Å². The summed E-state index contributed by atoms with van der Waals surface area (Å²) in [6.45, 7) is 15.2. The highest BCUT2D eigenvalue weighted by Crippen LogP contribution is 2.42. The fourth-order valence-corrected chi connectivity index (χ4v) is 11.3. The number of hydrogen-bond acceptors (Lipinski definition) is 11. The standard InChI is InChI=1S/C57H76FN9O8/c1-11-66-47-19-18-39-31-43(47)44(51(66)42-15-12-21-59-49(42)37(4)73-10)32-56(5,6)35-74-54(71)45-16-13-23-67(61-45)53(70)46(29-38-27-40(39)30-41(58)28-38)60-52(69)50(36(2)3)63(9)55(72)65-24-20-57(34-65)33-64(25-26-75-57)48(68)17-14-22-62(7)8/h12,14-15,17-19,21,27-28,30-31,36-37,45-46,50,61H,11,13,16,20,22-26,29,32-35H2,1-10H3,(H,60,69)/b17-14+/t37-,45-,46-,50-,57-/m0/s1. The molecule has 2 aromatic carbocycles. The molecule has 4 aliphatic rings. The van der Waals surface area contributed by atoms with Crippen LogP contribution >= 0.6 is 0 Å². The normalized spacial score (nSPS) is 22.2. The van der Waals surface area contributed by atoms with Crippen LogP contribution in [0.4, 0.5) is 9.18 Å². The number of nitrogens with zero attached hydrogens (tertiary/aromatic N) is 7. The number of hydrazine groups is 1. The number of fused-ring (bicyclic) bond motifs is 6. The topological polar surface area (TPSA) is 171 Å². The molecule has 0 radical (unpaired) electrons. The van der Waals surface area contributed by atoms with Crippen molar-refractivity contribution >= 4 is 40.6 Å². The van der Waals surface area contributed by atoms with Gasteiger partial charge in [0.15, 0.2) is 0 Å². The molecule has 1 spiro atoms. The molecule has 0 unspecified atom stereocenters. The molecule has 2 aromatic heterocycles. The predicted molar refractivity (Wildman–Crippen MR) is 285 cm³/mol. The molecule has 5 atom stereocenters. The SMILES string of the molecule is CCn1c(-c2cccnc2[C@H](C)OC)c2c3cc(ccc31)-c1cc(F)cc(c1)C[C@H](NC(=O)[C@H](C(C)C)N(C)C(=O)N1CC[C@]3(CN(C(=O)/C=C/CN(C)C)CCO3)C1)C(=O)N1CCC[C@H](N1)C(=O)OCC(C)(C)C2. The second-order valence-corrected chi connectivity index (χ2v) is 22.2. The summed E-state index contributed by atoms with van der Waals surface area (Å²) < 4.78 is 36.6. The van der Waals surface area contributed by atoms with E-state index in [0.29, 0.717) is 76.1 Å². The van der Waals surface area contributed by atoms with Gasteiger partial charge in [0.05, 0.1) is 43.8 Å². The Bertz CT molecular complexity index is 2810. The summed E-state index contributed by atoms with van der Waals surface area (Å²) in [6, 6.07) is 11.3. The molecule has 3 saturated heterocycles. The molecule has 17 nitrogen and oxygen atoms in total. The number of likely N-dealkylation sites (N-methyl/N-ethyl adjacent to an activating group) is 2. The number of carbonyl (C=O) groups is 5. The third-order valence-corrected chi connectivity index (χ3v) is 15.2. The average molecular weight is 1030 g/mol. The first-order chi connectivity index (χ1) is 35.7. The summed E-state index contributed by atoms with van der Waals surface area (Å²) in [5.74, 6) is -2.61. The molecule has 2 N–H and O–H groups in total. The smallest absolute Gasteiger partial charge is 0.324 e. The Morgan fingerprint density at radius 2 is 1.79 bits per heavy atom. The van der Waals surface area contributed by atoms with Crippen LogP contribution in [-0.2, 0) is 52.8 Å². The zero-order valence-corrected chi connectivity index (χ0v) is 45.4. The maximum absolute atomic E-state index is 16.1. The second-order valence-electron chi connectivity index (χ2n) is 22.2. The number of aromatic nitrogens is 2. The lowest BCUT2D eigenvalue weighted by molar-refractivity contribution is -0.155. The van der Waals surface area contributed by atoms with Gasteiger partial charge in [0.25, 0.3) is 5.91 Å². The van der Waals surface area contributed by atoms with E-state index in [4.69, 9.17) is 19.2 Å². The molecule has 0 aliphatic carbocycles. The van der Waals surface area contributed by atoms with E-state index in [1.54, 1.807) is 36.2 Å². The summed E-state index contributed by atoms with van der Waals surface area (Å²) in [7, 11) is 7.10. The lowest BCUT2D eigenvalue weighted by Crippen LogP contribution is -2.62. The number of likely N-dealkylation sites (tertiary alicyclic amines) is 1. The molecule has 6 bridgehead atoms. The fraction of sp³-hybridized carbons (Fsp3) is 0.544. The first-order valence-corrected chi connectivity index (χ1v) is 26.5. The number of hydrogen-bond donors (Lipinski definition) is 2. The van der Waals surface area contributed by atoms with Gasteiger partial charge in [0, 0.05) is 87.5 Å². The van der Waals surface area contributed by atoms with Crippen molar-refractivity contribution in [2.45, 2.75) is 110 Å². The van der Waals surface area contributed by atoms with Gasteiger partial charge in [-0.05, 0) is 118 Å². The zero-order chi connectivity index (χ0) is 53.9. The number of urea groups is 1. The van der Waals surface area contributed by atoms with E-state index in [-0.39, 0.29) is 38.1 Å². The van der Waals surface area contributed by atoms with E-state index in [1.807, 2.05) is 64.0 Å². The highest BCUT2D eigenvalue weighted by molar-refractivity contribution is 5.96. The molecule has 6 heterocycles.